The van der Waals surface area contributed by atoms with Gasteiger partial charge in [0.2, 0.25) is 0 Å². The van der Waals surface area contributed by atoms with Gasteiger partial charge in [-0.25, -0.2) is 4.79 Å². The number of aryl methyl sites for hydroxylation is 1. The van der Waals surface area contributed by atoms with Crippen molar-refractivity contribution in [3.05, 3.63) is 61.6 Å². The lowest BCUT2D eigenvalue weighted by Crippen LogP contribution is -2.46. The number of hydrogen-bond donors (Lipinski definition) is 1. The number of halogens is 1. The largest absolute Gasteiger partial charge is 0.465 e. The molecule has 1 aromatic heterocycles. The van der Waals surface area contributed by atoms with Crippen LogP contribution in [0.1, 0.15) is 64.4 Å². The van der Waals surface area contributed by atoms with E-state index in [2.05, 4.69) is 22.0 Å². The Morgan fingerprint density at radius 3 is 2.62 bits per heavy atom. The summed E-state index contributed by atoms with van der Waals surface area (Å²) >= 11 is 4.96. The zero-order valence-corrected chi connectivity index (χ0v) is 21.2. The fourth-order valence-electron chi connectivity index (χ4n) is 5.46. The van der Waals surface area contributed by atoms with Crippen molar-refractivity contribution in [1.29, 1.82) is 10.7 Å². The number of nitriles is 1. The normalized spacial score (nSPS) is 22.2. The highest BCUT2D eigenvalue weighted by molar-refractivity contribution is 9.10. The van der Waals surface area contributed by atoms with E-state index in [1.165, 1.54) is 18.4 Å². The molecule has 1 aliphatic heterocycles. The van der Waals surface area contributed by atoms with Crippen LogP contribution in [-0.2, 0) is 22.4 Å². The first-order valence-electron chi connectivity index (χ1n) is 11.5. The molecular formula is C26H24BrN3O3S. The van der Waals surface area contributed by atoms with E-state index in [1.807, 2.05) is 24.3 Å². The second-order valence-electron chi connectivity index (χ2n) is 8.88. The molecule has 2 unspecified atom stereocenters. The molecule has 0 saturated heterocycles. The van der Waals surface area contributed by atoms with E-state index in [0.717, 1.165) is 51.9 Å². The standard InChI is InChI=1S/C26H24BrN3O3S/c1-33-26(32)22-16-5-2-3-8-20(16)34-25(22)30-18-6-4-7-19(31)23(18)21(17(13-28)24(30)29)14-9-11-15(27)12-10-14/h9-12,17,21,29H,2-8H2,1H3. The maximum Gasteiger partial charge on any atom is 0.341 e. The second-order valence-corrected chi connectivity index (χ2v) is 10.9. The molecule has 2 heterocycles. The third-order valence-corrected chi connectivity index (χ3v) is 8.80. The van der Waals surface area contributed by atoms with Gasteiger partial charge < -0.3 is 4.74 Å². The average molecular weight is 538 g/mol. The number of ether oxygens (including phenoxy) is 1. The number of allylic oxidation sites excluding steroid dienone is 2. The highest BCUT2D eigenvalue weighted by atomic mass is 79.9. The summed E-state index contributed by atoms with van der Waals surface area (Å²) in [4.78, 5) is 29.2. The topological polar surface area (TPSA) is 94.2 Å². The lowest BCUT2D eigenvalue weighted by molar-refractivity contribution is -0.116. The summed E-state index contributed by atoms with van der Waals surface area (Å²) in [6.07, 6.45) is 5.48. The van der Waals surface area contributed by atoms with Crippen LogP contribution in [0.15, 0.2) is 40.0 Å². The summed E-state index contributed by atoms with van der Waals surface area (Å²) in [6, 6.07) is 9.95. The number of anilines is 1. The molecule has 8 heteroatoms. The Labute approximate surface area is 210 Å². The molecule has 34 heavy (non-hydrogen) atoms. The van der Waals surface area contributed by atoms with Gasteiger partial charge in [-0.2, -0.15) is 5.26 Å². The number of esters is 1. The van der Waals surface area contributed by atoms with E-state index in [4.69, 9.17) is 10.1 Å². The summed E-state index contributed by atoms with van der Waals surface area (Å²) < 4.78 is 6.07. The summed E-state index contributed by atoms with van der Waals surface area (Å²) in [6.45, 7) is 0. The van der Waals surface area contributed by atoms with Crippen LogP contribution in [-0.4, -0.2) is 24.7 Å². The minimum atomic E-state index is -0.841. The van der Waals surface area contributed by atoms with Crippen LogP contribution >= 0.6 is 27.3 Å². The lowest BCUT2D eigenvalue weighted by Gasteiger charge is -2.42. The Morgan fingerprint density at radius 1 is 1.18 bits per heavy atom. The van der Waals surface area contributed by atoms with Gasteiger partial charge in [0, 0.05) is 33.0 Å². The fraction of sp³-hybridized carbons (Fsp3) is 0.385. The summed E-state index contributed by atoms with van der Waals surface area (Å²) in [5.74, 6) is -1.62. The Hall–Kier alpha value is -2.76. The van der Waals surface area contributed by atoms with Crippen LogP contribution in [0.25, 0.3) is 0 Å². The lowest BCUT2D eigenvalue weighted by atomic mass is 9.72. The van der Waals surface area contributed by atoms with E-state index in [1.54, 1.807) is 4.90 Å². The number of amidine groups is 1. The van der Waals surface area contributed by atoms with Crippen LogP contribution in [0.4, 0.5) is 5.00 Å². The molecule has 3 aliphatic rings. The van der Waals surface area contributed by atoms with E-state index < -0.39 is 17.8 Å². The van der Waals surface area contributed by atoms with Gasteiger partial charge in [-0.15, -0.1) is 11.3 Å². The summed E-state index contributed by atoms with van der Waals surface area (Å²) in [5.41, 5.74) is 3.71. The predicted molar refractivity (Wildman–Crippen MR) is 134 cm³/mol. The monoisotopic (exact) mass is 537 g/mol. The van der Waals surface area contributed by atoms with Crippen molar-refractivity contribution in [3.8, 4) is 6.07 Å². The molecule has 5 rings (SSSR count). The molecule has 0 bridgehead atoms. The number of thiophene rings is 1. The van der Waals surface area contributed by atoms with E-state index >= 15 is 0 Å². The first-order valence-corrected chi connectivity index (χ1v) is 13.1. The number of carbonyl (C=O) groups is 2. The molecular weight excluding hydrogens is 514 g/mol. The van der Waals surface area contributed by atoms with Crippen molar-refractivity contribution < 1.29 is 14.3 Å². The minimum Gasteiger partial charge on any atom is -0.465 e. The molecule has 2 atom stereocenters. The van der Waals surface area contributed by atoms with Gasteiger partial charge in [0.15, 0.2) is 5.78 Å². The number of fused-ring (bicyclic) bond motifs is 1. The number of carbonyl (C=O) groups excluding carboxylic acids is 2. The van der Waals surface area contributed by atoms with Gasteiger partial charge in [-0.1, -0.05) is 28.1 Å². The van der Waals surface area contributed by atoms with Gasteiger partial charge >= 0.3 is 5.97 Å². The summed E-state index contributed by atoms with van der Waals surface area (Å²) in [5, 5.41) is 20.0. The number of benzene rings is 1. The third kappa shape index (κ3) is 3.62. The number of nitrogens with one attached hydrogen (secondary N) is 1. The number of rotatable bonds is 3. The molecule has 0 amide bonds. The molecule has 6 nitrogen and oxygen atoms in total. The third-order valence-electron chi connectivity index (χ3n) is 6.99. The molecule has 0 saturated carbocycles. The Kier molecular flexibility index (Phi) is 6.17. The van der Waals surface area contributed by atoms with Crippen LogP contribution in [0.2, 0.25) is 0 Å². The maximum absolute atomic E-state index is 13.3. The Balaban J connectivity index is 1.75. The van der Waals surface area contributed by atoms with Gasteiger partial charge in [-0.05, 0) is 61.8 Å². The highest BCUT2D eigenvalue weighted by Gasteiger charge is 2.46. The number of ketones is 1. The van der Waals surface area contributed by atoms with Crippen molar-refractivity contribution in [1.82, 2.24) is 0 Å². The van der Waals surface area contributed by atoms with Gasteiger partial charge in [0.05, 0.1) is 18.7 Å². The first-order chi connectivity index (χ1) is 16.5. The Morgan fingerprint density at radius 2 is 1.91 bits per heavy atom. The molecule has 2 aliphatic carbocycles. The zero-order valence-electron chi connectivity index (χ0n) is 18.8. The van der Waals surface area contributed by atoms with Crippen molar-refractivity contribution in [2.75, 3.05) is 12.0 Å². The van der Waals surface area contributed by atoms with Crippen molar-refractivity contribution >= 4 is 49.9 Å². The van der Waals surface area contributed by atoms with E-state index in [9.17, 15) is 14.9 Å². The van der Waals surface area contributed by atoms with Crippen LogP contribution in [0, 0.1) is 22.7 Å². The molecule has 0 radical (unpaired) electrons. The highest BCUT2D eigenvalue weighted by Crippen LogP contribution is 2.50. The molecule has 0 fully saturated rings. The van der Waals surface area contributed by atoms with Crippen molar-refractivity contribution in [2.45, 2.75) is 50.9 Å². The number of nitrogens with zero attached hydrogens (tertiary/aromatic N) is 2. The minimum absolute atomic E-state index is 0.0212. The number of hydrogen-bond acceptors (Lipinski definition) is 6. The number of methoxy groups -OCH3 is 1. The Bertz CT molecular complexity index is 1270. The molecule has 1 aromatic carbocycles. The molecule has 2 aromatic rings. The van der Waals surface area contributed by atoms with Crippen molar-refractivity contribution in [3.63, 3.8) is 0 Å². The zero-order chi connectivity index (χ0) is 24.0. The van der Waals surface area contributed by atoms with E-state index in [0.29, 0.717) is 35.4 Å². The quantitative estimate of drug-likeness (QED) is 0.491. The second kappa shape index (κ2) is 9.12. The summed E-state index contributed by atoms with van der Waals surface area (Å²) in [7, 11) is 1.37. The van der Waals surface area contributed by atoms with Crippen molar-refractivity contribution in [2.24, 2.45) is 5.92 Å². The van der Waals surface area contributed by atoms with Gasteiger partial charge in [0.25, 0.3) is 0 Å². The van der Waals surface area contributed by atoms with Crippen LogP contribution in [0.5, 0.6) is 0 Å². The smallest absolute Gasteiger partial charge is 0.341 e. The van der Waals surface area contributed by atoms with Crippen LogP contribution in [0.3, 0.4) is 0 Å². The van der Waals surface area contributed by atoms with E-state index in [-0.39, 0.29) is 11.6 Å². The molecule has 174 valence electrons. The van der Waals surface area contributed by atoms with Gasteiger partial charge in [0.1, 0.15) is 16.8 Å². The predicted octanol–water partition coefficient (Wildman–Crippen LogP) is 5.90. The molecule has 0 spiro atoms. The SMILES string of the molecule is COC(=O)c1c(N2C(=N)C(C#N)C(c3ccc(Br)cc3)C3=C2CCCC3=O)sc2c1CCCC2. The van der Waals surface area contributed by atoms with Gasteiger partial charge in [-0.3, -0.25) is 15.1 Å². The first kappa shape index (κ1) is 23.0. The number of Topliss-reactive ketones (excluding diaryl/α,β-unsaturated/α-hetero) is 1. The fourth-order valence-corrected chi connectivity index (χ4v) is 7.14. The maximum atomic E-state index is 13.3. The van der Waals surface area contributed by atoms with Crippen LogP contribution < -0.4 is 4.90 Å². The molecule has 1 N–H and O–H groups in total. The average Bonchev–Trinajstić information content (AvgIpc) is 3.22.